The van der Waals surface area contributed by atoms with Gasteiger partial charge in [-0.15, -0.1) is 0 Å². The fourth-order valence-corrected chi connectivity index (χ4v) is 3.85. The Morgan fingerprint density at radius 1 is 1.43 bits per heavy atom. The third kappa shape index (κ3) is 3.52. The fraction of sp³-hybridized carbons (Fsp3) is 0.632. The number of ether oxygens (including phenoxy) is 1. The van der Waals surface area contributed by atoms with Crippen molar-refractivity contribution < 1.29 is 14.6 Å². The largest absolute Gasteiger partial charge is 0.497 e. The maximum absolute atomic E-state index is 12.9. The molecular formula is C19H27NO3. The summed E-state index contributed by atoms with van der Waals surface area (Å²) in [4.78, 5) is 14.9. The second kappa shape index (κ2) is 6.52. The van der Waals surface area contributed by atoms with E-state index in [9.17, 15) is 9.90 Å². The van der Waals surface area contributed by atoms with Crippen molar-refractivity contribution in [1.82, 2.24) is 4.90 Å². The van der Waals surface area contributed by atoms with E-state index in [4.69, 9.17) is 4.74 Å². The molecule has 1 N–H and O–H groups in total. The summed E-state index contributed by atoms with van der Waals surface area (Å²) in [6.07, 6.45) is 5.65. The summed E-state index contributed by atoms with van der Waals surface area (Å²) in [5.41, 5.74) is 1.60. The fourth-order valence-electron chi connectivity index (χ4n) is 3.85. The molecule has 0 radical (unpaired) electrons. The number of benzene rings is 1. The summed E-state index contributed by atoms with van der Waals surface area (Å²) in [5.74, 6) is 1.62. The van der Waals surface area contributed by atoms with Crippen molar-refractivity contribution in [2.24, 2.45) is 11.3 Å². The molecule has 0 bridgehead atoms. The van der Waals surface area contributed by atoms with Gasteiger partial charge in [0.25, 0.3) is 5.91 Å². The highest BCUT2D eigenvalue weighted by molar-refractivity contribution is 5.96. The minimum atomic E-state index is -0.0878. The number of carbonyl (C=O) groups is 1. The lowest BCUT2D eigenvalue weighted by Gasteiger charge is -2.42. The Hall–Kier alpha value is -1.55. The van der Waals surface area contributed by atoms with Gasteiger partial charge in [0.15, 0.2) is 0 Å². The van der Waals surface area contributed by atoms with E-state index in [2.05, 4.69) is 0 Å². The second-order valence-corrected chi connectivity index (χ2v) is 7.32. The number of aliphatic hydroxyl groups excluding tert-OH is 1. The lowest BCUT2D eigenvalue weighted by Crippen LogP contribution is -2.48. The van der Waals surface area contributed by atoms with Gasteiger partial charge in [-0.1, -0.05) is 12.8 Å². The van der Waals surface area contributed by atoms with Crippen LogP contribution in [0.5, 0.6) is 5.75 Å². The van der Waals surface area contributed by atoms with Gasteiger partial charge in [0.2, 0.25) is 0 Å². The minimum absolute atomic E-state index is 0.0819. The zero-order valence-corrected chi connectivity index (χ0v) is 14.2. The maximum Gasteiger partial charge on any atom is 0.254 e. The monoisotopic (exact) mass is 317 g/mol. The standard InChI is InChI=1S/C19H27NO3/c1-14-10-16(23-2)6-7-17(14)18(22)20-9-3-8-19(12-20,13-21)11-15-4-5-15/h6-7,10,15,21H,3-5,8-9,11-13H2,1-2H3/t19-/m0/s1. The molecule has 4 nitrogen and oxygen atoms in total. The molecule has 0 aromatic heterocycles. The van der Waals surface area contributed by atoms with Crippen molar-refractivity contribution in [1.29, 1.82) is 0 Å². The Morgan fingerprint density at radius 3 is 2.83 bits per heavy atom. The molecule has 1 amide bonds. The molecular weight excluding hydrogens is 290 g/mol. The summed E-state index contributed by atoms with van der Waals surface area (Å²) in [7, 11) is 1.63. The number of carbonyl (C=O) groups excluding carboxylic acids is 1. The molecule has 1 saturated heterocycles. The molecule has 4 heteroatoms. The van der Waals surface area contributed by atoms with Gasteiger partial charge in [-0.2, -0.15) is 0 Å². The molecule has 1 saturated carbocycles. The third-order valence-corrected chi connectivity index (χ3v) is 5.37. The van der Waals surface area contributed by atoms with Crippen LogP contribution in [0.4, 0.5) is 0 Å². The smallest absolute Gasteiger partial charge is 0.254 e. The first kappa shape index (κ1) is 16.3. The summed E-state index contributed by atoms with van der Waals surface area (Å²) in [5, 5.41) is 9.96. The Balaban J connectivity index is 1.76. The molecule has 1 aliphatic carbocycles. The van der Waals surface area contributed by atoms with E-state index in [0.29, 0.717) is 6.54 Å². The first-order chi connectivity index (χ1) is 11.1. The topological polar surface area (TPSA) is 49.8 Å². The van der Waals surface area contributed by atoms with Crippen LogP contribution in [0.2, 0.25) is 0 Å². The summed E-state index contributed by atoms with van der Waals surface area (Å²) in [6, 6.07) is 5.60. The molecule has 2 aliphatic rings. The number of rotatable bonds is 5. The number of hydrogen-bond acceptors (Lipinski definition) is 3. The molecule has 23 heavy (non-hydrogen) atoms. The van der Waals surface area contributed by atoms with E-state index in [1.165, 1.54) is 12.8 Å². The highest BCUT2D eigenvalue weighted by Gasteiger charge is 2.41. The number of aliphatic hydroxyl groups is 1. The molecule has 0 spiro atoms. The van der Waals surface area contributed by atoms with E-state index in [1.54, 1.807) is 7.11 Å². The second-order valence-electron chi connectivity index (χ2n) is 7.32. The molecule has 1 aromatic carbocycles. The number of nitrogens with zero attached hydrogens (tertiary/aromatic N) is 1. The van der Waals surface area contributed by atoms with Crippen molar-refractivity contribution in [3.63, 3.8) is 0 Å². The number of methoxy groups -OCH3 is 1. The van der Waals surface area contributed by atoms with Crippen LogP contribution in [0, 0.1) is 18.3 Å². The zero-order chi connectivity index (χ0) is 16.4. The van der Waals surface area contributed by atoms with Crippen molar-refractivity contribution >= 4 is 5.91 Å². The molecule has 2 fully saturated rings. The van der Waals surface area contributed by atoms with Crippen LogP contribution in [0.15, 0.2) is 18.2 Å². The van der Waals surface area contributed by atoms with Gasteiger partial charge in [0.05, 0.1) is 13.7 Å². The summed E-state index contributed by atoms with van der Waals surface area (Å²) in [6.45, 7) is 3.61. The molecule has 126 valence electrons. The van der Waals surface area contributed by atoms with Crippen molar-refractivity contribution in [3.05, 3.63) is 29.3 Å². The molecule has 1 heterocycles. The van der Waals surface area contributed by atoms with Gasteiger partial charge >= 0.3 is 0 Å². The molecule has 0 unspecified atom stereocenters. The quantitative estimate of drug-likeness (QED) is 0.908. The predicted octanol–water partition coefficient (Wildman–Crippen LogP) is 3.02. The van der Waals surface area contributed by atoms with Gasteiger partial charge in [-0.3, -0.25) is 4.79 Å². The summed E-state index contributed by atoms with van der Waals surface area (Å²) >= 11 is 0. The summed E-state index contributed by atoms with van der Waals surface area (Å²) < 4.78 is 5.22. The molecule has 1 aromatic rings. The molecule has 3 rings (SSSR count). The normalized spacial score (nSPS) is 24.6. The van der Waals surface area contributed by atoms with Crippen LogP contribution >= 0.6 is 0 Å². The van der Waals surface area contributed by atoms with Gasteiger partial charge < -0.3 is 14.7 Å². The molecule has 1 aliphatic heterocycles. The highest BCUT2D eigenvalue weighted by Crippen LogP contribution is 2.44. The van der Waals surface area contributed by atoms with Crippen molar-refractivity contribution in [2.75, 3.05) is 26.8 Å². The van der Waals surface area contributed by atoms with Gasteiger partial charge in [0.1, 0.15) is 5.75 Å². The number of aryl methyl sites for hydroxylation is 1. The van der Waals surface area contributed by atoms with E-state index in [-0.39, 0.29) is 17.9 Å². The first-order valence-corrected chi connectivity index (χ1v) is 8.62. The van der Waals surface area contributed by atoms with Crippen LogP contribution < -0.4 is 4.74 Å². The van der Waals surface area contributed by atoms with Crippen LogP contribution in [0.25, 0.3) is 0 Å². The lowest BCUT2D eigenvalue weighted by molar-refractivity contribution is 0.0196. The number of piperidine rings is 1. The lowest BCUT2D eigenvalue weighted by atomic mass is 9.76. The highest BCUT2D eigenvalue weighted by atomic mass is 16.5. The van der Waals surface area contributed by atoms with Gasteiger partial charge in [0, 0.05) is 24.1 Å². The van der Waals surface area contributed by atoms with Crippen LogP contribution in [-0.2, 0) is 0 Å². The average Bonchev–Trinajstić information content (AvgIpc) is 3.38. The van der Waals surface area contributed by atoms with Crippen LogP contribution in [0.3, 0.4) is 0 Å². The SMILES string of the molecule is COc1ccc(C(=O)N2CCC[C@](CO)(CC3CC3)C2)c(C)c1. The van der Waals surface area contributed by atoms with Crippen LogP contribution in [-0.4, -0.2) is 42.7 Å². The Labute approximate surface area is 138 Å². The van der Waals surface area contributed by atoms with Gasteiger partial charge in [-0.05, 0) is 55.9 Å². The number of amides is 1. The van der Waals surface area contributed by atoms with Gasteiger partial charge in [-0.25, -0.2) is 0 Å². The van der Waals surface area contributed by atoms with E-state index in [0.717, 1.165) is 48.6 Å². The Bertz CT molecular complexity index is 582. The Morgan fingerprint density at radius 2 is 2.22 bits per heavy atom. The maximum atomic E-state index is 12.9. The van der Waals surface area contributed by atoms with Crippen molar-refractivity contribution in [3.8, 4) is 5.75 Å². The average molecular weight is 317 g/mol. The van der Waals surface area contributed by atoms with Crippen LogP contribution in [0.1, 0.15) is 48.0 Å². The first-order valence-electron chi connectivity index (χ1n) is 8.62. The molecule has 1 atom stereocenters. The third-order valence-electron chi connectivity index (χ3n) is 5.37. The van der Waals surface area contributed by atoms with E-state index in [1.807, 2.05) is 30.0 Å². The Kier molecular flexibility index (Phi) is 4.62. The number of likely N-dealkylation sites (tertiary alicyclic amines) is 1. The predicted molar refractivity (Wildman–Crippen MR) is 89.7 cm³/mol. The number of hydrogen-bond donors (Lipinski definition) is 1. The van der Waals surface area contributed by atoms with E-state index >= 15 is 0 Å². The van der Waals surface area contributed by atoms with Crippen molar-refractivity contribution in [2.45, 2.75) is 39.0 Å². The van der Waals surface area contributed by atoms with E-state index < -0.39 is 0 Å². The minimum Gasteiger partial charge on any atom is -0.497 e. The zero-order valence-electron chi connectivity index (χ0n) is 14.2.